The van der Waals surface area contributed by atoms with Crippen LogP contribution in [0.25, 0.3) is 0 Å². The van der Waals surface area contributed by atoms with Crippen molar-refractivity contribution in [1.29, 1.82) is 0 Å². The summed E-state index contributed by atoms with van der Waals surface area (Å²) >= 11 is 0. The summed E-state index contributed by atoms with van der Waals surface area (Å²) in [4.78, 5) is 20.9. The molecule has 0 aliphatic rings. The molecule has 0 spiro atoms. The molecule has 1 amide bonds. The number of aliphatic hydroxyl groups is 1. The number of nitrogens with zero attached hydrogens (tertiary/aromatic N) is 1. The lowest BCUT2D eigenvalue weighted by molar-refractivity contribution is -0.387. The summed E-state index contributed by atoms with van der Waals surface area (Å²) < 4.78 is 13.2. The van der Waals surface area contributed by atoms with Crippen LogP contribution in [0.1, 0.15) is 17.3 Å². The molecule has 1 rings (SSSR count). The van der Waals surface area contributed by atoms with Gasteiger partial charge in [-0.25, -0.2) is 0 Å². The molecule has 7 heteroatoms. The summed E-state index contributed by atoms with van der Waals surface area (Å²) in [5, 5.41) is 21.6. The molecule has 0 bridgehead atoms. The van der Waals surface area contributed by atoms with Gasteiger partial charge in [-0.15, -0.1) is 0 Å². The van der Waals surface area contributed by atoms with Crippen molar-refractivity contribution in [2.24, 2.45) is 0 Å². The molecule has 0 radical (unpaired) electrons. The Labute approximate surface area is 96.2 Å². The maximum absolute atomic E-state index is 13.2. The molecule has 0 saturated carbocycles. The van der Waals surface area contributed by atoms with Crippen LogP contribution >= 0.6 is 0 Å². The van der Waals surface area contributed by atoms with Crippen molar-refractivity contribution in [1.82, 2.24) is 5.32 Å². The van der Waals surface area contributed by atoms with Crippen LogP contribution in [0.3, 0.4) is 0 Å². The first-order chi connectivity index (χ1) is 7.91. The molecule has 0 unspecified atom stereocenters. The van der Waals surface area contributed by atoms with Crippen LogP contribution in [-0.2, 0) is 0 Å². The van der Waals surface area contributed by atoms with Crippen molar-refractivity contribution in [2.75, 3.05) is 6.54 Å². The third kappa shape index (κ3) is 3.49. The Hall–Kier alpha value is -2.02. The van der Waals surface area contributed by atoms with Gasteiger partial charge in [0.2, 0.25) is 5.82 Å². The molecule has 6 nitrogen and oxygen atoms in total. The average molecular weight is 242 g/mol. The fraction of sp³-hybridized carbons (Fsp3) is 0.300. The van der Waals surface area contributed by atoms with Crippen LogP contribution in [0, 0.1) is 15.9 Å². The zero-order valence-corrected chi connectivity index (χ0v) is 9.01. The number of halogens is 1. The first-order valence-electron chi connectivity index (χ1n) is 4.82. The zero-order chi connectivity index (χ0) is 13.0. The number of carbonyl (C=O) groups excluding carboxylic acids is 1. The third-order valence-electron chi connectivity index (χ3n) is 1.96. The molecular formula is C10H11FN2O4. The van der Waals surface area contributed by atoms with Crippen molar-refractivity contribution in [2.45, 2.75) is 13.0 Å². The van der Waals surface area contributed by atoms with Crippen LogP contribution < -0.4 is 5.32 Å². The molecule has 0 saturated heterocycles. The fourth-order valence-corrected chi connectivity index (χ4v) is 1.14. The highest BCUT2D eigenvalue weighted by Crippen LogP contribution is 2.17. The Bertz CT molecular complexity index is 448. The van der Waals surface area contributed by atoms with E-state index in [0.717, 1.165) is 18.2 Å². The molecule has 0 aliphatic carbocycles. The summed E-state index contributed by atoms with van der Waals surface area (Å²) in [5.74, 6) is -1.67. The van der Waals surface area contributed by atoms with Crippen LogP contribution in [0.2, 0.25) is 0 Å². The highest BCUT2D eigenvalue weighted by Gasteiger charge is 2.16. The van der Waals surface area contributed by atoms with E-state index < -0.39 is 28.4 Å². The van der Waals surface area contributed by atoms with Gasteiger partial charge in [0.1, 0.15) is 0 Å². The van der Waals surface area contributed by atoms with Crippen LogP contribution in [0.15, 0.2) is 18.2 Å². The standard InChI is InChI=1S/C10H11FN2O4/c1-6(14)5-12-10(15)7-2-3-9(13(16)17)8(11)4-7/h2-4,6,14H,5H2,1H3,(H,12,15)/t6-/m1/s1. The van der Waals surface area contributed by atoms with Crippen molar-refractivity contribution < 1.29 is 19.2 Å². The molecule has 92 valence electrons. The number of rotatable bonds is 4. The highest BCUT2D eigenvalue weighted by molar-refractivity contribution is 5.94. The van der Waals surface area contributed by atoms with E-state index in [9.17, 15) is 19.3 Å². The summed E-state index contributed by atoms with van der Waals surface area (Å²) in [6.45, 7) is 1.51. The van der Waals surface area contributed by atoms with Crippen molar-refractivity contribution >= 4 is 11.6 Å². The first kappa shape index (κ1) is 13.0. The fourth-order valence-electron chi connectivity index (χ4n) is 1.14. The Morgan fingerprint density at radius 3 is 2.76 bits per heavy atom. The summed E-state index contributed by atoms with van der Waals surface area (Å²) in [6.07, 6.45) is -0.721. The number of benzene rings is 1. The van der Waals surface area contributed by atoms with Gasteiger partial charge < -0.3 is 10.4 Å². The Balaban J connectivity index is 2.83. The SMILES string of the molecule is C[C@@H](O)CNC(=O)c1ccc([N+](=O)[O-])c(F)c1. The van der Waals surface area contributed by atoms with Gasteiger partial charge in [-0.3, -0.25) is 14.9 Å². The third-order valence-corrected chi connectivity index (χ3v) is 1.96. The van der Waals surface area contributed by atoms with Crippen LogP contribution in [0.5, 0.6) is 0 Å². The van der Waals surface area contributed by atoms with Crippen molar-refractivity contribution in [3.05, 3.63) is 39.7 Å². The van der Waals surface area contributed by atoms with E-state index in [1.54, 1.807) is 0 Å². The van der Waals surface area contributed by atoms with Crippen molar-refractivity contribution in [3.63, 3.8) is 0 Å². The summed E-state index contributed by atoms with van der Waals surface area (Å²) in [5.41, 5.74) is -0.717. The quantitative estimate of drug-likeness (QED) is 0.604. The van der Waals surface area contributed by atoms with Gasteiger partial charge in [-0.05, 0) is 19.1 Å². The minimum Gasteiger partial charge on any atom is -0.392 e. The van der Waals surface area contributed by atoms with Gasteiger partial charge in [-0.1, -0.05) is 0 Å². The Morgan fingerprint density at radius 1 is 1.65 bits per heavy atom. The lowest BCUT2D eigenvalue weighted by Crippen LogP contribution is -2.30. The van der Waals surface area contributed by atoms with E-state index >= 15 is 0 Å². The largest absolute Gasteiger partial charge is 0.392 e. The molecule has 0 aromatic heterocycles. The Morgan fingerprint density at radius 2 is 2.29 bits per heavy atom. The van der Waals surface area contributed by atoms with Crippen molar-refractivity contribution in [3.8, 4) is 0 Å². The summed E-state index contributed by atoms with van der Waals surface area (Å²) in [6, 6.07) is 2.86. The molecule has 1 aromatic rings. The topological polar surface area (TPSA) is 92.5 Å². The van der Waals surface area contributed by atoms with Gasteiger partial charge >= 0.3 is 5.69 Å². The van der Waals surface area contributed by atoms with E-state index in [-0.39, 0.29) is 12.1 Å². The molecule has 2 N–H and O–H groups in total. The predicted molar refractivity (Wildman–Crippen MR) is 57.1 cm³/mol. The first-order valence-corrected chi connectivity index (χ1v) is 4.82. The molecular weight excluding hydrogens is 231 g/mol. The van der Waals surface area contributed by atoms with Gasteiger partial charge in [0.15, 0.2) is 0 Å². The van der Waals surface area contributed by atoms with Crippen LogP contribution in [0.4, 0.5) is 10.1 Å². The van der Waals surface area contributed by atoms with Gasteiger partial charge in [0, 0.05) is 18.2 Å². The second-order valence-electron chi connectivity index (χ2n) is 3.48. The average Bonchev–Trinajstić information content (AvgIpc) is 2.25. The second kappa shape index (κ2) is 5.35. The number of amides is 1. The van der Waals surface area contributed by atoms with E-state index in [4.69, 9.17) is 5.11 Å². The molecule has 0 heterocycles. The molecule has 1 aromatic carbocycles. The van der Waals surface area contributed by atoms with Gasteiger partial charge in [0.05, 0.1) is 11.0 Å². The predicted octanol–water partition coefficient (Wildman–Crippen LogP) is 0.845. The summed E-state index contributed by atoms with van der Waals surface area (Å²) in [7, 11) is 0. The number of nitro benzene ring substituents is 1. The van der Waals surface area contributed by atoms with E-state index in [2.05, 4.69) is 5.32 Å². The maximum Gasteiger partial charge on any atom is 0.304 e. The van der Waals surface area contributed by atoms with E-state index in [1.807, 2.05) is 0 Å². The number of hydrogen-bond acceptors (Lipinski definition) is 4. The molecule has 17 heavy (non-hydrogen) atoms. The van der Waals surface area contributed by atoms with E-state index in [0.29, 0.717) is 0 Å². The van der Waals surface area contributed by atoms with Crippen LogP contribution in [-0.4, -0.2) is 28.6 Å². The van der Waals surface area contributed by atoms with E-state index in [1.165, 1.54) is 6.92 Å². The lowest BCUT2D eigenvalue weighted by Gasteiger charge is -2.06. The number of nitrogens with one attached hydrogen (secondary N) is 1. The minimum atomic E-state index is -1.07. The smallest absolute Gasteiger partial charge is 0.304 e. The number of nitro groups is 1. The number of carbonyl (C=O) groups is 1. The maximum atomic E-state index is 13.2. The second-order valence-corrected chi connectivity index (χ2v) is 3.48. The highest BCUT2D eigenvalue weighted by atomic mass is 19.1. The zero-order valence-electron chi connectivity index (χ0n) is 9.01. The van der Waals surface area contributed by atoms with Gasteiger partial charge in [-0.2, -0.15) is 4.39 Å². The monoisotopic (exact) mass is 242 g/mol. The molecule has 0 aliphatic heterocycles. The minimum absolute atomic E-state index is 0.0252. The normalized spacial score (nSPS) is 11.9. The Kier molecular flexibility index (Phi) is 4.11. The number of aliphatic hydroxyl groups excluding tert-OH is 1. The van der Waals surface area contributed by atoms with Gasteiger partial charge in [0.25, 0.3) is 5.91 Å². The molecule has 1 atom stereocenters. The molecule has 0 fully saturated rings. The number of hydrogen-bond donors (Lipinski definition) is 2. The lowest BCUT2D eigenvalue weighted by atomic mass is 10.2.